The summed E-state index contributed by atoms with van der Waals surface area (Å²) in [5, 5.41) is 16.8. The van der Waals surface area contributed by atoms with Crippen LogP contribution in [0.3, 0.4) is 0 Å². The fourth-order valence-corrected chi connectivity index (χ4v) is 2.51. The molecule has 9 nitrogen and oxygen atoms in total. The van der Waals surface area contributed by atoms with E-state index in [4.69, 9.17) is 0 Å². The van der Waals surface area contributed by atoms with E-state index in [9.17, 15) is 19.7 Å². The summed E-state index contributed by atoms with van der Waals surface area (Å²) in [7, 11) is 0. The summed E-state index contributed by atoms with van der Waals surface area (Å²) in [6.45, 7) is 1.21. The molecule has 0 aliphatic carbocycles. The summed E-state index contributed by atoms with van der Waals surface area (Å²) in [6.07, 6.45) is 3.33. The first kappa shape index (κ1) is 15.4. The Morgan fingerprint density at radius 3 is 2.67 bits per heavy atom. The average molecular weight is 360 g/mol. The lowest BCUT2D eigenvalue weighted by atomic mass is 10.4. The zero-order valence-corrected chi connectivity index (χ0v) is 12.7. The SMILES string of the molecule is O=C(Cn1cc(Br)c([N+](=O)[O-])n1)NCC(=O)N1CCCC1. The van der Waals surface area contributed by atoms with Crippen molar-refractivity contribution in [3.63, 3.8) is 0 Å². The molecule has 1 fully saturated rings. The minimum absolute atomic E-state index is 0.0661. The maximum Gasteiger partial charge on any atom is 0.404 e. The highest BCUT2D eigenvalue weighted by Gasteiger charge is 2.21. The molecule has 1 N–H and O–H groups in total. The number of likely N-dealkylation sites (tertiary alicyclic amines) is 1. The Hall–Kier alpha value is -1.97. The summed E-state index contributed by atoms with van der Waals surface area (Å²) < 4.78 is 1.35. The number of nitrogens with zero attached hydrogens (tertiary/aromatic N) is 4. The van der Waals surface area contributed by atoms with Gasteiger partial charge in [-0.15, -0.1) is 0 Å². The summed E-state index contributed by atoms with van der Waals surface area (Å²) in [5.41, 5.74) is 0. The van der Waals surface area contributed by atoms with Crippen molar-refractivity contribution in [1.82, 2.24) is 20.0 Å². The molecular formula is C11H14BrN5O4. The molecule has 0 bridgehead atoms. The topological polar surface area (TPSA) is 110 Å². The molecule has 0 radical (unpaired) electrons. The third kappa shape index (κ3) is 4.00. The molecule has 0 aromatic carbocycles. The molecule has 2 rings (SSSR count). The second kappa shape index (κ2) is 6.66. The predicted octanol–water partition coefficient (Wildman–Crippen LogP) is 0.292. The molecule has 2 heterocycles. The van der Waals surface area contributed by atoms with Crippen LogP contribution in [-0.4, -0.2) is 51.1 Å². The van der Waals surface area contributed by atoms with E-state index in [0.717, 1.165) is 30.6 Å². The van der Waals surface area contributed by atoms with Crippen LogP contribution in [0.25, 0.3) is 0 Å². The molecule has 1 aromatic rings. The lowest BCUT2D eigenvalue weighted by Crippen LogP contribution is -2.39. The van der Waals surface area contributed by atoms with Crippen LogP contribution in [0.2, 0.25) is 0 Å². The highest BCUT2D eigenvalue weighted by atomic mass is 79.9. The van der Waals surface area contributed by atoms with E-state index in [2.05, 4.69) is 26.3 Å². The number of aromatic nitrogens is 2. The van der Waals surface area contributed by atoms with E-state index in [-0.39, 0.29) is 29.3 Å². The van der Waals surface area contributed by atoms with Gasteiger partial charge < -0.3 is 20.3 Å². The van der Waals surface area contributed by atoms with Crippen LogP contribution in [0.1, 0.15) is 12.8 Å². The Balaban J connectivity index is 1.83. The van der Waals surface area contributed by atoms with Gasteiger partial charge in [0.05, 0.1) is 17.8 Å². The van der Waals surface area contributed by atoms with Gasteiger partial charge in [-0.3, -0.25) is 9.59 Å². The smallest absolute Gasteiger partial charge is 0.358 e. The van der Waals surface area contributed by atoms with E-state index in [1.165, 1.54) is 6.20 Å². The fourth-order valence-electron chi connectivity index (χ4n) is 2.05. The summed E-state index contributed by atoms with van der Waals surface area (Å²) in [6, 6.07) is 0. The van der Waals surface area contributed by atoms with Gasteiger partial charge in [0, 0.05) is 13.1 Å². The number of nitro groups is 1. The molecule has 2 amide bonds. The monoisotopic (exact) mass is 359 g/mol. The Morgan fingerprint density at radius 2 is 2.10 bits per heavy atom. The van der Waals surface area contributed by atoms with Crippen molar-refractivity contribution in [2.75, 3.05) is 19.6 Å². The van der Waals surface area contributed by atoms with E-state index < -0.39 is 10.8 Å². The average Bonchev–Trinajstić information content (AvgIpc) is 3.05. The van der Waals surface area contributed by atoms with E-state index >= 15 is 0 Å². The number of hydrogen-bond acceptors (Lipinski definition) is 5. The maximum absolute atomic E-state index is 11.7. The van der Waals surface area contributed by atoms with Crippen molar-refractivity contribution >= 4 is 33.6 Å². The van der Waals surface area contributed by atoms with Crippen molar-refractivity contribution in [3.8, 4) is 0 Å². The molecule has 1 aliphatic heterocycles. The van der Waals surface area contributed by atoms with Gasteiger partial charge in [0.2, 0.25) is 11.8 Å². The molecule has 10 heteroatoms. The molecule has 0 unspecified atom stereocenters. The molecule has 0 saturated carbocycles. The predicted molar refractivity (Wildman–Crippen MR) is 75.4 cm³/mol. The Kier molecular flexibility index (Phi) is 4.89. The second-order valence-electron chi connectivity index (χ2n) is 4.62. The number of nitrogens with one attached hydrogen (secondary N) is 1. The molecule has 1 aromatic heterocycles. The van der Waals surface area contributed by atoms with Gasteiger partial charge in [-0.1, -0.05) is 0 Å². The molecule has 1 saturated heterocycles. The van der Waals surface area contributed by atoms with Gasteiger partial charge in [-0.2, -0.15) is 4.68 Å². The second-order valence-corrected chi connectivity index (χ2v) is 5.47. The first-order valence-electron chi connectivity index (χ1n) is 6.39. The summed E-state index contributed by atoms with van der Waals surface area (Å²) in [4.78, 5) is 35.1. The molecule has 21 heavy (non-hydrogen) atoms. The molecule has 0 atom stereocenters. The quantitative estimate of drug-likeness (QED) is 0.600. The zero-order chi connectivity index (χ0) is 15.4. The third-order valence-corrected chi connectivity index (χ3v) is 3.63. The largest absolute Gasteiger partial charge is 0.404 e. The number of amides is 2. The third-order valence-electron chi connectivity index (χ3n) is 3.07. The summed E-state index contributed by atoms with van der Waals surface area (Å²) >= 11 is 3.00. The van der Waals surface area contributed by atoms with Gasteiger partial charge in [0.1, 0.15) is 11.0 Å². The maximum atomic E-state index is 11.7. The Morgan fingerprint density at radius 1 is 1.43 bits per heavy atom. The van der Waals surface area contributed by atoms with Gasteiger partial charge in [-0.05, 0) is 33.7 Å². The summed E-state index contributed by atoms with van der Waals surface area (Å²) in [5.74, 6) is -0.892. The van der Waals surface area contributed by atoms with Crippen LogP contribution in [0, 0.1) is 10.1 Å². The number of hydrogen-bond donors (Lipinski definition) is 1. The lowest BCUT2D eigenvalue weighted by Gasteiger charge is -2.15. The van der Waals surface area contributed by atoms with E-state index in [0.29, 0.717) is 0 Å². The standard InChI is InChI=1S/C11H14BrN5O4/c12-8-6-16(14-11(8)17(20)21)7-9(18)13-5-10(19)15-3-1-2-4-15/h6H,1-5,7H2,(H,13,18). The number of rotatable bonds is 5. The van der Waals surface area contributed by atoms with Crippen molar-refractivity contribution in [3.05, 3.63) is 20.8 Å². The van der Waals surface area contributed by atoms with Crippen molar-refractivity contribution < 1.29 is 14.5 Å². The Labute approximate surface area is 128 Å². The first-order chi connectivity index (χ1) is 9.97. The van der Waals surface area contributed by atoms with E-state index in [1.807, 2.05) is 0 Å². The van der Waals surface area contributed by atoms with Crippen LogP contribution < -0.4 is 5.32 Å². The van der Waals surface area contributed by atoms with Crippen molar-refractivity contribution in [1.29, 1.82) is 0 Å². The minimum atomic E-state index is -0.643. The van der Waals surface area contributed by atoms with Crippen molar-refractivity contribution in [2.45, 2.75) is 19.4 Å². The Bertz CT molecular complexity index is 567. The zero-order valence-electron chi connectivity index (χ0n) is 11.1. The molecule has 114 valence electrons. The normalized spacial score (nSPS) is 14.2. The number of carbonyl (C=O) groups is 2. The van der Waals surface area contributed by atoms with Crippen LogP contribution in [-0.2, 0) is 16.1 Å². The van der Waals surface area contributed by atoms with Crippen LogP contribution in [0.15, 0.2) is 10.7 Å². The van der Waals surface area contributed by atoms with Crippen LogP contribution in [0.4, 0.5) is 5.82 Å². The molecule has 0 spiro atoms. The molecular weight excluding hydrogens is 346 g/mol. The van der Waals surface area contributed by atoms with Crippen molar-refractivity contribution in [2.24, 2.45) is 0 Å². The fraction of sp³-hybridized carbons (Fsp3) is 0.545. The van der Waals surface area contributed by atoms with Gasteiger partial charge >= 0.3 is 5.82 Å². The van der Waals surface area contributed by atoms with Gasteiger partial charge in [0.25, 0.3) is 0 Å². The number of carbonyl (C=O) groups excluding carboxylic acids is 2. The molecule has 1 aliphatic rings. The highest BCUT2D eigenvalue weighted by Crippen LogP contribution is 2.21. The number of halogens is 1. The van der Waals surface area contributed by atoms with Crippen LogP contribution in [0.5, 0.6) is 0 Å². The highest BCUT2D eigenvalue weighted by molar-refractivity contribution is 9.10. The van der Waals surface area contributed by atoms with Gasteiger partial charge in [-0.25, -0.2) is 0 Å². The van der Waals surface area contributed by atoms with Crippen LogP contribution >= 0.6 is 15.9 Å². The minimum Gasteiger partial charge on any atom is -0.358 e. The first-order valence-corrected chi connectivity index (χ1v) is 7.18. The van der Waals surface area contributed by atoms with E-state index in [1.54, 1.807) is 4.90 Å². The van der Waals surface area contributed by atoms with Gasteiger partial charge in [0.15, 0.2) is 0 Å². The lowest BCUT2D eigenvalue weighted by molar-refractivity contribution is -0.390.